The molecule has 0 aromatic heterocycles. The molecule has 0 aliphatic heterocycles. The molecular formula is C18H17ClO3. The van der Waals surface area contributed by atoms with Crippen LogP contribution in [0.1, 0.15) is 11.1 Å². The third kappa shape index (κ3) is 3.10. The van der Waals surface area contributed by atoms with Crippen LogP contribution in [0.2, 0.25) is 5.02 Å². The van der Waals surface area contributed by atoms with E-state index in [2.05, 4.69) is 13.2 Å². The molecule has 0 radical (unpaired) electrons. The van der Waals surface area contributed by atoms with Gasteiger partial charge in [0.05, 0.1) is 5.02 Å². The van der Waals surface area contributed by atoms with Gasteiger partial charge in [0.1, 0.15) is 5.75 Å². The monoisotopic (exact) mass is 316 g/mol. The Hall–Kier alpha value is -2.39. The van der Waals surface area contributed by atoms with E-state index in [0.29, 0.717) is 29.5 Å². The molecule has 4 heteroatoms. The second-order valence-electron chi connectivity index (χ2n) is 4.96. The van der Waals surface area contributed by atoms with E-state index < -0.39 is 0 Å². The van der Waals surface area contributed by atoms with Gasteiger partial charge in [-0.15, -0.1) is 13.2 Å². The maximum atomic E-state index is 10.2. The first kappa shape index (κ1) is 16.0. The molecule has 0 fully saturated rings. The molecule has 0 saturated carbocycles. The van der Waals surface area contributed by atoms with Crippen molar-refractivity contribution in [1.29, 1.82) is 0 Å². The van der Waals surface area contributed by atoms with Crippen LogP contribution in [0.15, 0.2) is 49.6 Å². The number of halogens is 1. The first-order valence-electron chi connectivity index (χ1n) is 6.76. The van der Waals surface area contributed by atoms with Crippen LogP contribution in [0.25, 0.3) is 11.1 Å². The normalized spacial score (nSPS) is 10.4. The van der Waals surface area contributed by atoms with Gasteiger partial charge < -0.3 is 15.3 Å². The quantitative estimate of drug-likeness (QED) is 0.559. The highest BCUT2D eigenvalue weighted by Gasteiger charge is 2.14. The van der Waals surface area contributed by atoms with Crippen molar-refractivity contribution in [3.8, 4) is 28.4 Å². The minimum absolute atomic E-state index is 0.0656. The highest BCUT2D eigenvalue weighted by atomic mass is 35.5. The Labute approximate surface area is 134 Å². The van der Waals surface area contributed by atoms with Gasteiger partial charge in [-0.1, -0.05) is 23.8 Å². The topological polar surface area (TPSA) is 60.7 Å². The summed E-state index contributed by atoms with van der Waals surface area (Å²) in [7, 11) is 0. The van der Waals surface area contributed by atoms with Crippen molar-refractivity contribution < 1.29 is 15.3 Å². The lowest BCUT2D eigenvalue weighted by Crippen LogP contribution is -1.90. The number of hydrogen-bond donors (Lipinski definition) is 3. The van der Waals surface area contributed by atoms with Gasteiger partial charge >= 0.3 is 0 Å². The number of rotatable bonds is 5. The average molecular weight is 317 g/mol. The first-order valence-corrected chi connectivity index (χ1v) is 7.14. The average Bonchev–Trinajstić information content (AvgIpc) is 2.48. The smallest absolute Gasteiger partial charge is 0.161 e. The van der Waals surface area contributed by atoms with Crippen LogP contribution in [0.5, 0.6) is 17.2 Å². The lowest BCUT2D eigenvalue weighted by atomic mass is 9.97. The highest BCUT2D eigenvalue weighted by molar-refractivity contribution is 6.32. The zero-order chi connectivity index (χ0) is 16.3. The van der Waals surface area contributed by atoms with Crippen LogP contribution < -0.4 is 0 Å². The van der Waals surface area contributed by atoms with E-state index in [9.17, 15) is 15.3 Å². The van der Waals surface area contributed by atoms with Crippen LogP contribution in [0, 0.1) is 0 Å². The van der Waals surface area contributed by atoms with Crippen LogP contribution in [-0.2, 0) is 12.8 Å². The molecule has 0 atom stereocenters. The summed E-state index contributed by atoms with van der Waals surface area (Å²) in [6.07, 6.45) is 4.37. The number of allylic oxidation sites excluding steroid dienone is 2. The van der Waals surface area contributed by atoms with Crippen molar-refractivity contribution in [2.75, 3.05) is 0 Å². The maximum Gasteiger partial charge on any atom is 0.161 e. The molecule has 114 valence electrons. The van der Waals surface area contributed by atoms with Crippen LogP contribution >= 0.6 is 11.6 Å². The first-order chi connectivity index (χ1) is 10.5. The van der Waals surface area contributed by atoms with E-state index in [1.807, 2.05) is 0 Å². The zero-order valence-corrected chi connectivity index (χ0v) is 12.8. The van der Waals surface area contributed by atoms with Gasteiger partial charge in [0.15, 0.2) is 11.5 Å². The summed E-state index contributed by atoms with van der Waals surface area (Å²) in [4.78, 5) is 0. The molecule has 0 saturated heterocycles. The Kier molecular flexibility index (Phi) is 4.78. The number of phenols is 3. The highest BCUT2D eigenvalue weighted by Crippen LogP contribution is 2.41. The van der Waals surface area contributed by atoms with E-state index in [0.717, 1.165) is 5.56 Å². The van der Waals surface area contributed by atoms with Crippen molar-refractivity contribution in [2.24, 2.45) is 0 Å². The number of phenolic OH excluding ortho intramolecular Hbond substituents is 3. The molecule has 0 spiro atoms. The Balaban J connectivity index is 2.65. The molecule has 2 rings (SSSR count). The SMILES string of the molecule is C=CCc1cc(Cl)c(O)c(-c2cc(O)c(O)c(CC=C)c2)c1. The van der Waals surface area contributed by atoms with Crippen LogP contribution in [-0.4, -0.2) is 15.3 Å². The fourth-order valence-electron chi connectivity index (χ4n) is 2.30. The molecule has 2 aromatic rings. The van der Waals surface area contributed by atoms with Gasteiger partial charge in [0, 0.05) is 11.1 Å². The fourth-order valence-corrected chi connectivity index (χ4v) is 2.55. The van der Waals surface area contributed by atoms with Gasteiger partial charge in [-0.25, -0.2) is 0 Å². The van der Waals surface area contributed by atoms with E-state index in [1.165, 1.54) is 6.07 Å². The Morgan fingerprint density at radius 3 is 2.23 bits per heavy atom. The van der Waals surface area contributed by atoms with Crippen LogP contribution in [0.4, 0.5) is 0 Å². The number of benzene rings is 2. The number of hydrogen-bond acceptors (Lipinski definition) is 3. The molecule has 0 unspecified atom stereocenters. The van der Waals surface area contributed by atoms with E-state index in [4.69, 9.17) is 11.6 Å². The Bertz CT molecular complexity index is 736. The Morgan fingerprint density at radius 1 is 0.909 bits per heavy atom. The lowest BCUT2D eigenvalue weighted by molar-refractivity contribution is 0.400. The molecule has 22 heavy (non-hydrogen) atoms. The second-order valence-corrected chi connectivity index (χ2v) is 5.37. The van der Waals surface area contributed by atoms with Crippen molar-refractivity contribution in [2.45, 2.75) is 12.8 Å². The largest absolute Gasteiger partial charge is 0.506 e. The van der Waals surface area contributed by atoms with Gasteiger partial charge in [0.2, 0.25) is 0 Å². The minimum Gasteiger partial charge on any atom is -0.506 e. The molecule has 3 nitrogen and oxygen atoms in total. The van der Waals surface area contributed by atoms with Crippen molar-refractivity contribution in [1.82, 2.24) is 0 Å². The predicted octanol–water partition coefficient (Wildman–Crippen LogP) is 4.58. The van der Waals surface area contributed by atoms with Gasteiger partial charge in [-0.3, -0.25) is 0 Å². The molecule has 0 amide bonds. The van der Waals surface area contributed by atoms with E-state index in [-0.39, 0.29) is 22.3 Å². The summed E-state index contributed by atoms with van der Waals surface area (Å²) < 4.78 is 0. The summed E-state index contributed by atoms with van der Waals surface area (Å²) >= 11 is 6.06. The Morgan fingerprint density at radius 2 is 1.59 bits per heavy atom. The minimum atomic E-state index is -0.251. The summed E-state index contributed by atoms with van der Waals surface area (Å²) in [5.41, 5.74) is 2.47. The van der Waals surface area contributed by atoms with Gasteiger partial charge in [0.25, 0.3) is 0 Å². The van der Waals surface area contributed by atoms with Crippen molar-refractivity contribution in [3.05, 3.63) is 65.7 Å². The summed E-state index contributed by atoms with van der Waals surface area (Å²) in [5.74, 6) is -0.500. The summed E-state index contributed by atoms with van der Waals surface area (Å²) in [5, 5.41) is 30.2. The molecule has 0 heterocycles. The summed E-state index contributed by atoms with van der Waals surface area (Å²) in [6.45, 7) is 7.31. The van der Waals surface area contributed by atoms with Crippen LogP contribution in [0.3, 0.4) is 0 Å². The van der Waals surface area contributed by atoms with Gasteiger partial charge in [-0.05, 0) is 48.2 Å². The van der Waals surface area contributed by atoms with E-state index >= 15 is 0 Å². The molecule has 2 aromatic carbocycles. The lowest BCUT2D eigenvalue weighted by Gasteiger charge is -2.12. The molecule has 0 aliphatic rings. The van der Waals surface area contributed by atoms with Gasteiger partial charge in [-0.2, -0.15) is 0 Å². The maximum absolute atomic E-state index is 10.2. The molecule has 0 aliphatic carbocycles. The molecule has 0 bridgehead atoms. The summed E-state index contributed by atoms with van der Waals surface area (Å²) in [6, 6.07) is 6.55. The third-order valence-electron chi connectivity index (χ3n) is 3.35. The van der Waals surface area contributed by atoms with Crippen molar-refractivity contribution >= 4 is 11.6 Å². The fraction of sp³-hybridized carbons (Fsp3) is 0.111. The van der Waals surface area contributed by atoms with E-state index in [1.54, 1.807) is 30.4 Å². The molecule has 3 N–H and O–H groups in total. The second kappa shape index (κ2) is 6.58. The van der Waals surface area contributed by atoms with Crippen molar-refractivity contribution in [3.63, 3.8) is 0 Å². The predicted molar refractivity (Wildman–Crippen MR) is 89.7 cm³/mol. The third-order valence-corrected chi connectivity index (χ3v) is 3.64. The molecular weight excluding hydrogens is 300 g/mol. The zero-order valence-electron chi connectivity index (χ0n) is 12.0. The number of aromatic hydroxyl groups is 3. The standard InChI is InChI=1S/C18H17ClO3/c1-3-5-11-7-14(18(22)15(19)8-11)13-9-12(6-4-2)17(21)16(20)10-13/h3-4,7-10,20-22H,1-2,5-6H2.